The van der Waals surface area contributed by atoms with E-state index in [4.69, 9.17) is 4.98 Å². The van der Waals surface area contributed by atoms with Crippen LogP contribution in [0.1, 0.15) is 38.6 Å². The highest BCUT2D eigenvalue weighted by Gasteiger charge is 2.08. The fraction of sp³-hybridized carbons (Fsp3) is 0.471. The Kier molecular flexibility index (Phi) is 5.74. The first-order valence-electron chi connectivity index (χ1n) is 7.42. The molecule has 1 N–H and O–H groups in total. The van der Waals surface area contributed by atoms with Crippen molar-refractivity contribution in [2.75, 3.05) is 0 Å². The molecular weight excluding hydrogens is 264 g/mol. The molecule has 3 heteroatoms. The van der Waals surface area contributed by atoms with Crippen molar-refractivity contribution < 1.29 is 0 Å². The highest BCUT2D eigenvalue weighted by molar-refractivity contribution is 7.09. The largest absolute Gasteiger partial charge is 0.308 e. The van der Waals surface area contributed by atoms with E-state index >= 15 is 0 Å². The van der Waals surface area contributed by atoms with Crippen molar-refractivity contribution in [2.24, 2.45) is 5.92 Å². The Bertz CT molecular complexity index is 507. The van der Waals surface area contributed by atoms with E-state index in [1.54, 1.807) is 11.3 Å². The van der Waals surface area contributed by atoms with Gasteiger partial charge in [0, 0.05) is 23.5 Å². The lowest BCUT2D eigenvalue weighted by molar-refractivity contribution is 0.412. The second-order valence-electron chi connectivity index (χ2n) is 5.52. The van der Waals surface area contributed by atoms with Gasteiger partial charge in [0.25, 0.3) is 0 Å². The number of benzene rings is 1. The minimum absolute atomic E-state index is 0.550. The highest BCUT2D eigenvalue weighted by Crippen LogP contribution is 2.21. The van der Waals surface area contributed by atoms with Gasteiger partial charge in [-0.2, -0.15) is 0 Å². The Morgan fingerprint density at radius 1 is 1.20 bits per heavy atom. The molecule has 2 aromatic rings. The molecule has 0 radical (unpaired) electrons. The average Bonchev–Trinajstić information content (AvgIpc) is 2.95. The Labute approximate surface area is 126 Å². The molecule has 0 saturated heterocycles. The molecule has 2 nitrogen and oxygen atoms in total. The van der Waals surface area contributed by atoms with E-state index in [0.717, 1.165) is 18.2 Å². The van der Waals surface area contributed by atoms with Crippen molar-refractivity contribution in [3.8, 4) is 11.3 Å². The number of aromatic nitrogens is 1. The summed E-state index contributed by atoms with van der Waals surface area (Å²) in [4.78, 5) is 4.71. The number of nitrogens with one attached hydrogen (secondary N) is 1. The first-order valence-corrected chi connectivity index (χ1v) is 8.30. The summed E-state index contributed by atoms with van der Waals surface area (Å²) >= 11 is 1.74. The number of nitrogens with zero attached hydrogens (tertiary/aromatic N) is 1. The molecule has 1 aromatic heterocycles. The number of rotatable bonds is 7. The molecule has 20 heavy (non-hydrogen) atoms. The molecule has 0 saturated carbocycles. The van der Waals surface area contributed by atoms with Crippen LogP contribution in [0, 0.1) is 5.92 Å². The lowest BCUT2D eigenvalue weighted by atomic mass is 10.0. The third kappa shape index (κ3) is 4.43. The molecule has 108 valence electrons. The summed E-state index contributed by atoms with van der Waals surface area (Å²) in [5.41, 5.74) is 2.28. The second-order valence-corrected chi connectivity index (χ2v) is 6.47. The van der Waals surface area contributed by atoms with Gasteiger partial charge in [-0.05, 0) is 19.3 Å². The summed E-state index contributed by atoms with van der Waals surface area (Å²) in [5.74, 6) is 0.786. The molecule has 0 amide bonds. The van der Waals surface area contributed by atoms with Crippen molar-refractivity contribution in [1.82, 2.24) is 10.3 Å². The molecular formula is C17H24N2S. The maximum Gasteiger partial charge on any atom is 0.107 e. The first-order chi connectivity index (χ1) is 9.69. The Morgan fingerprint density at radius 3 is 2.65 bits per heavy atom. The molecule has 2 unspecified atom stereocenters. The fourth-order valence-electron chi connectivity index (χ4n) is 2.25. The normalized spacial score (nSPS) is 14.2. The van der Waals surface area contributed by atoms with Crippen LogP contribution in [0.25, 0.3) is 11.3 Å². The zero-order valence-electron chi connectivity index (χ0n) is 12.6. The van der Waals surface area contributed by atoms with Gasteiger partial charge in [-0.3, -0.25) is 0 Å². The second kappa shape index (κ2) is 7.55. The molecule has 2 atom stereocenters. The van der Waals surface area contributed by atoms with Gasteiger partial charge in [0.15, 0.2) is 0 Å². The molecule has 1 heterocycles. The average molecular weight is 288 g/mol. The van der Waals surface area contributed by atoms with Crippen molar-refractivity contribution in [3.05, 3.63) is 40.7 Å². The predicted molar refractivity (Wildman–Crippen MR) is 87.9 cm³/mol. The van der Waals surface area contributed by atoms with Crippen LogP contribution in [0.5, 0.6) is 0 Å². The van der Waals surface area contributed by atoms with Gasteiger partial charge in [0.05, 0.1) is 5.69 Å². The summed E-state index contributed by atoms with van der Waals surface area (Å²) in [7, 11) is 0. The number of hydrogen-bond acceptors (Lipinski definition) is 3. The van der Waals surface area contributed by atoms with Crippen LogP contribution in [0.4, 0.5) is 0 Å². The van der Waals surface area contributed by atoms with Crippen LogP contribution < -0.4 is 5.32 Å². The third-order valence-corrected chi connectivity index (χ3v) is 4.52. The molecule has 0 bridgehead atoms. The van der Waals surface area contributed by atoms with E-state index in [-0.39, 0.29) is 0 Å². The molecule has 0 spiro atoms. The number of thiazole rings is 1. The highest BCUT2D eigenvalue weighted by atomic mass is 32.1. The number of hydrogen-bond donors (Lipinski definition) is 1. The first kappa shape index (κ1) is 15.2. The Balaban J connectivity index is 1.87. The summed E-state index contributed by atoms with van der Waals surface area (Å²) in [6, 6.07) is 10.9. The van der Waals surface area contributed by atoms with Crippen LogP contribution in [0.2, 0.25) is 0 Å². The zero-order valence-corrected chi connectivity index (χ0v) is 13.4. The van der Waals surface area contributed by atoms with Crippen molar-refractivity contribution in [3.63, 3.8) is 0 Å². The third-order valence-electron chi connectivity index (χ3n) is 3.68. The lowest BCUT2D eigenvalue weighted by Gasteiger charge is -2.16. The lowest BCUT2D eigenvalue weighted by Crippen LogP contribution is -2.27. The van der Waals surface area contributed by atoms with E-state index in [1.807, 2.05) is 6.07 Å². The molecule has 0 aliphatic rings. The fourth-order valence-corrected chi connectivity index (χ4v) is 3.00. The van der Waals surface area contributed by atoms with Gasteiger partial charge in [-0.25, -0.2) is 4.98 Å². The van der Waals surface area contributed by atoms with Gasteiger partial charge in [0.1, 0.15) is 5.01 Å². The molecule has 1 aromatic carbocycles. The monoisotopic (exact) mass is 288 g/mol. The standard InChI is InChI=1S/C17H24N2S/c1-4-13(2)10-14(3)18-11-17-19-16(12-20-17)15-8-6-5-7-9-15/h5-9,12-14,18H,4,10-11H2,1-3H3. The SMILES string of the molecule is CCC(C)CC(C)NCc1nc(-c2ccccc2)cs1. The summed E-state index contributed by atoms with van der Waals surface area (Å²) in [6.07, 6.45) is 2.48. The van der Waals surface area contributed by atoms with Crippen molar-refractivity contribution >= 4 is 11.3 Å². The van der Waals surface area contributed by atoms with E-state index < -0.39 is 0 Å². The van der Waals surface area contributed by atoms with Crippen LogP contribution in [0.15, 0.2) is 35.7 Å². The van der Waals surface area contributed by atoms with Gasteiger partial charge >= 0.3 is 0 Å². The van der Waals surface area contributed by atoms with Gasteiger partial charge in [-0.15, -0.1) is 11.3 Å². The zero-order chi connectivity index (χ0) is 14.4. The Hall–Kier alpha value is -1.19. The van der Waals surface area contributed by atoms with Gasteiger partial charge in [-0.1, -0.05) is 50.6 Å². The van der Waals surface area contributed by atoms with Crippen LogP contribution >= 0.6 is 11.3 Å². The van der Waals surface area contributed by atoms with Gasteiger partial charge in [0.2, 0.25) is 0 Å². The van der Waals surface area contributed by atoms with Gasteiger partial charge < -0.3 is 5.32 Å². The van der Waals surface area contributed by atoms with E-state index in [0.29, 0.717) is 6.04 Å². The smallest absolute Gasteiger partial charge is 0.107 e. The van der Waals surface area contributed by atoms with Crippen LogP contribution in [-0.2, 0) is 6.54 Å². The van der Waals surface area contributed by atoms with Crippen LogP contribution in [-0.4, -0.2) is 11.0 Å². The van der Waals surface area contributed by atoms with E-state index in [1.165, 1.54) is 23.4 Å². The maximum atomic E-state index is 4.71. The Morgan fingerprint density at radius 2 is 1.95 bits per heavy atom. The molecule has 0 aliphatic heterocycles. The quantitative estimate of drug-likeness (QED) is 0.797. The van der Waals surface area contributed by atoms with Crippen molar-refractivity contribution in [1.29, 1.82) is 0 Å². The topological polar surface area (TPSA) is 24.9 Å². The minimum Gasteiger partial charge on any atom is -0.308 e. The minimum atomic E-state index is 0.550. The van der Waals surface area contributed by atoms with Crippen LogP contribution in [0.3, 0.4) is 0 Å². The molecule has 0 aliphatic carbocycles. The molecule has 0 fully saturated rings. The van der Waals surface area contributed by atoms with Crippen molar-refractivity contribution in [2.45, 2.75) is 46.2 Å². The summed E-state index contributed by atoms with van der Waals surface area (Å²) < 4.78 is 0. The van der Waals surface area contributed by atoms with E-state index in [9.17, 15) is 0 Å². The summed E-state index contributed by atoms with van der Waals surface area (Å²) in [5, 5.41) is 6.89. The summed E-state index contributed by atoms with van der Waals surface area (Å²) in [6.45, 7) is 7.70. The molecule has 2 rings (SSSR count). The predicted octanol–water partition coefficient (Wildman–Crippen LogP) is 4.72. The maximum absolute atomic E-state index is 4.71. The van der Waals surface area contributed by atoms with E-state index in [2.05, 4.69) is 55.7 Å².